The molecule has 25 heavy (non-hydrogen) atoms. The molecule has 0 bridgehead atoms. The third kappa shape index (κ3) is 3.20. The first-order valence-corrected chi connectivity index (χ1v) is 9.29. The van der Waals surface area contributed by atoms with Crippen LogP contribution in [0.4, 0.5) is 5.69 Å². The monoisotopic (exact) mass is 349 g/mol. The predicted molar refractivity (Wildman–Crippen MR) is 100 cm³/mol. The lowest BCUT2D eigenvalue weighted by atomic mass is 10.1. The normalized spacial score (nSPS) is 13.1. The smallest absolute Gasteiger partial charge is 0.270 e. The maximum absolute atomic E-state index is 13.0. The third-order valence-electron chi connectivity index (χ3n) is 4.54. The van der Waals surface area contributed by atoms with Gasteiger partial charge in [0.15, 0.2) is 0 Å². The third-order valence-corrected chi connectivity index (χ3v) is 5.75. The topological polar surface area (TPSA) is 46.1 Å². The van der Waals surface area contributed by atoms with Crippen LogP contribution in [0.5, 0.6) is 0 Å². The van der Waals surface area contributed by atoms with Crippen molar-refractivity contribution in [3.05, 3.63) is 75.5 Å². The van der Waals surface area contributed by atoms with Crippen molar-refractivity contribution in [1.29, 1.82) is 0 Å². The predicted octanol–water partition coefficient (Wildman–Crippen LogP) is 3.83. The Hall–Kier alpha value is -2.53. The van der Waals surface area contributed by atoms with Crippen molar-refractivity contribution >= 4 is 22.9 Å². The fraction of sp³-hybridized carbons (Fsp3) is 0.250. The molecule has 4 rings (SSSR count). The Labute approximate surface area is 151 Å². The molecule has 1 aromatic carbocycles. The zero-order valence-corrected chi connectivity index (χ0v) is 14.9. The summed E-state index contributed by atoms with van der Waals surface area (Å²) in [5.74, 6) is 0.0788. The van der Waals surface area contributed by atoms with Crippen LogP contribution in [0.15, 0.2) is 48.8 Å². The molecule has 3 heterocycles. The quantitative estimate of drug-likeness (QED) is 0.719. The molecular weight excluding hydrogens is 330 g/mol. The summed E-state index contributed by atoms with van der Waals surface area (Å²) in [4.78, 5) is 24.3. The highest BCUT2D eigenvalue weighted by Crippen LogP contribution is 2.31. The number of hydrogen-bond acceptors (Lipinski definition) is 4. The van der Waals surface area contributed by atoms with Crippen LogP contribution in [0.2, 0.25) is 0 Å². The zero-order chi connectivity index (χ0) is 17.2. The van der Waals surface area contributed by atoms with E-state index in [1.807, 2.05) is 54.5 Å². The van der Waals surface area contributed by atoms with Crippen molar-refractivity contribution in [2.24, 2.45) is 0 Å². The lowest BCUT2D eigenvalue weighted by Gasteiger charge is -2.16. The summed E-state index contributed by atoms with van der Waals surface area (Å²) in [5, 5.41) is 1.02. The molecule has 4 nitrogen and oxygen atoms in total. The molecule has 0 atom stereocenters. The second-order valence-electron chi connectivity index (χ2n) is 6.21. The van der Waals surface area contributed by atoms with Crippen LogP contribution < -0.4 is 4.90 Å². The second kappa shape index (κ2) is 6.76. The number of carbonyl (C=O) groups excluding carboxylic acids is 1. The summed E-state index contributed by atoms with van der Waals surface area (Å²) < 4.78 is 0. The molecule has 0 N–H and O–H groups in total. The van der Waals surface area contributed by atoms with Gasteiger partial charge in [0.25, 0.3) is 5.91 Å². The summed E-state index contributed by atoms with van der Waals surface area (Å²) in [6, 6.07) is 12.2. The van der Waals surface area contributed by atoms with Crippen LogP contribution in [0.25, 0.3) is 0 Å². The minimum atomic E-state index is 0.0788. The Morgan fingerprint density at radius 1 is 1.16 bits per heavy atom. The van der Waals surface area contributed by atoms with E-state index >= 15 is 0 Å². The number of aryl methyl sites for hydroxylation is 3. The number of fused-ring (bicyclic) bond motifs is 1. The first kappa shape index (κ1) is 16.0. The number of carbonyl (C=O) groups is 1. The second-order valence-corrected chi connectivity index (χ2v) is 7.30. The van der Waals surface area contributed by atoms with E-state index < -0.39 is 0 Å². The molecule has 0 spiro atoms. The number of thiazole rings is 1. The molecule has 3 aromatic rings. The van der Waals surface area contributed by atoms with E-state index in [0.717, 1.165) is 47.1 Å². The fourth-order valence-electron chi connectivity index (χ4n) is 3.23. The highest BCUT2D eigenvalue weighted by Gasteiger charge is 2.27. The molecule has 1 amide bonds. The molecule has 1 aliphatic heterocycles. The lowest BCUT2D eigenvalue weighted by molar-refractivity contribution is 0.0992. The number of rotatable bonds is 4. The van der Waals surface area contributed by atoms with Gasteiger partial charge in [-0.1, -0.05) is 18.2 Å². The van der Waals surface area contributed by atoms with Gasteiger partial charge in [-0.05, 0) is 49.1 Å². The summed E-state index contributed by atoms with van der Waals surface area (Å²) in [6.07, 6.45) is 6.30. The molecule has 5 heteroatoms. The van der Waals surface area contributed by atoms with E-state index in [0.29, 0.717) is 0 Å². The van der Waals surface area contributed by atoms with Crippen LogP contribution in [0.3, 0.4) is 0 Å². The summed E-state index contributed by atoms with van der Waals surface area (Å²) >= 11 is 1.53. The molecule has 1 aliphatic rings. The Morgan fingerprint density at radius 2 is 1.96 bits per heavy atom. The molecular formula is C20H19N3OS. The van der Waals surface area contributed by atoms with Crippen LogP contribution in [0.1, 0.15) is 31.5 Å². The average Bonchev–Trinajstić information content (AvgIpc) is 3.24. The summed E-state index contributed by atoms with van der Waals surface area (Å²) in [5.41, 5.74) is 4.36. The van der Waals surface area contributed by atoms with Crippen LogP contribution >= 0.6 is 11.3 Å². The Balaban J connectivity index is 1.51. The van der Waals surface area contributed by atoms with Gasteiger partial charge in [-0.15, -0.1) is 11.3 Å². The number of amides is 1. The number of pyridine rings is 1. The van der Waals surface area contributed by atoms with Crippen LogP contribution in [-0.2, 0) is 19.3 Å². The van der Waals surface area contributed by atoms with Crippen LogP contribution in [0, 0.1) is 6.92 Å². The summed E-state index contributed by atoms with van der Waals surface area (Å²) in [6.45, 7) is 2.68. The van der Waals surface area contributed by atoms with Gasteiger partial charge in [0, 0.05) is 31.0 Å². The fourth-order valence-corrected chi connectivity index (χ4v) is 4.24. The molecule has 0 saturated heterocycles. The van der Waals surface area contributed by atoms with Gasteiger partial charge in [0.05, 0.1) is 10.7 Å². The number of nitrogens with zero attached hydrogens (tertiary/aromatic N) is 3. The van der Waals surface area contributed by atoms with Gasteiger partial charge in [-0.3, -0.25) is 9.78 Å². The van der Waals surface area contributed by atoms with E-state index in [2.05, 4.69) is 16.0 Å². The van der Waals surface area contributed by atoms with Crippen molar-refractivity contribution in [2.75, 3.05) is 11.4 Å². The number of hydrogen-bond donors (Lipinski definition) is 0. The molecule has 0 saturated carbocycles. The maximum atomic E-state index is 13.0. The Kier molecular flexibility index (Phi) is 4.32. The molecule has 2 aromatic heterocycles. The van der Waals surface area contributed by atoms with E-state index in [1.165, 1.54) is 22.5 Å². The zero-order valence-electron chi connectivity index (χ0n) is 14.1. The minimum Gasteiger partial charge on any atom is -0.307 e. The standard InChI is InChI=1S/C20H19N3OS/c1-14-19(20(24)23-13-10-16-4-2-3-5-17(16)23)25-18(22-14)7-6-15-8-11-21-12-9-15/h2-5,8-9,11-12H,6-7,10,13H2,1H3. The summed E-state index contributed by atoms with van der Waals surface area (Å²) in [7, 11) is 0. The molecule has 0 unspecified atom stereocenters. The van der Waals surface area contributed by atoms with Crippen molar-refractivity contribution in [2.45, 2.75) is 26.2 Å². The SMILES string of the molecule is Cc1nc(CCc2ccncc2)sc1C(=O)N1CCc2ccccc21. The average molecular weight is 349 g/mol. The van der Waals surface area contributed by atoms with Crippen molar-refractivity contribution < 1.29 is 4.79 Å². The maximum Gasteiger partial charge on any atom is 0.270 e. The largest absolute Gasteiger partial charge is 0.307 e. The Morgan fingerprint density at radius 3 is 2.80 bits per heavy atom. The van der Waals surface area contributed by atoms with Gasteiger partial charge in [0.1, 0.15) is 4.88 Å². The van der Waals surface area contributed by atoms with E-state index in [-0.39, 0.29) is 5.91 Å². The molecule has 126 valence electrons. The van der Waals surface area contributed by atoms with Crippen molar-refractivity contribution in [3.8, 4) is 0 Å². The first-order chi connectivity index (χ1) is 12.2. The minimum absolute atomic E-state index is 0.0788. The molecule has 0 aliphatic carbocycles. The lowest BCUT2D eigenvalue weighted by Crippen LogP contribution is -2.28. The van der Waals surface area contributed by atoms with Gasteiger partial charge in [-0.25, -0.2) is 4.98 Å². The van der Waals surface area contributed by atoms with Gasteiger partial charge >= 0.3 is 0 Å². The Bertz CT molecular complexity index is 904. The van der Waals surface area contributed by atoms with Gasteiger partial charge < -0.3 is 4.90 Å². The number of benzene rings is 1. The van der Waals surface area contributed by atoms with Crippen molar-refractivity contribution in [3.63, 3.8) is 0 Å². The van der Waals surface area contributed by atoms with Gasteiger partial charge in [-0.2, -0.15) is 0 Å². The number of aromatic nitrogens is 2. The number of anilines is 1. The number of para-hydroxylation sites is 1. The highest BCUT2D eigenvalue weighted by molar-refractivity contribution is 7.14. The van der Waals surface area contributed by atoms with E-state index in [9.17, 15) is 4.79 Å². The van der Waals surface area contributed by atoms with E-state index in [1.54, 1.807) is 0 Å². The van der Waals surface area contributed by atoms with Crippen molar-refractivity contribution in [1.82, 2.24) is 9.97 Å². The van der Waals surface area contributed by atoms with E-state index in [4.69, 9.17) is 0 Å². The molecule has 0 radical (unpaired) electrons. The van der Waals surface area contributed by atoms with Crippen LogP contribution in [-0.4, -0.2) is 22.4 Å². The van der Waals surface area contributed by atoms with Gasteiger partial charge in [0.2, 0.25) is 0 Å². The molecule has 0 fully saturated rings. The highest BCUT2D eigenvalue weighted by atomic mass is 32.1. The first-order valence-electron chi connectivity index (χ1n) is 8.47.